The van der Waals surface area contributed by atoms with Crippen LogP contribution in [-0.2, 0) is 0 Å². The molecule has 0 N–H and O–H groups in total. The third kappa shape index (κ3) is 2.31. The van der Waals surface area contributed by atoms with Gasteiger partial charge in [-0.25, -0.2) is 4.98 Å². The molecule has 16 heavy (non-hydrogen) atoms. The molecule has 0 amide bonds. The molecule has 1 aromatic heterocycles. The maximum absolute atomic E-state index is 5.62. The Labute approximate surface area is 94.7 Å². The molecule has 0 spiro atoms. The van der Waals surface area contributed by atoms with Crippen molar-refractivity contribution >= 4 is 0 Å². The molecule has 0 aliphatic heterocycles. The van der Waals surface area contributed by atoms with Gasteiger partial charge in [-0.3, -0.25) is 0 Å². The third-order valence-corrected chi connectivity index (χ3v) is 2.17. The molecule has 0 atom stereocenters. The normalized spacial score (nSPS) is 9.88. The van der Waals surface area contributed by atoms with Crippen molar-refractivity contribution in [3.05, 3.63) is 48.2 Å². The zero-order valence-corrected chi connectivity index (χ0v) is 9.31. The molecule has 1 heterocycles. The molecular weight excluding hydrogens is 202 g/mol. The molecule has 2 aromatic rings. The summed E-state index contributed by atoms with van der Waals surface area (Å²) in [4.78, 5) is 4.09. The van der Waals surface area contributed by atoms with E-state index in [1.54, 1.807) is 19.4 Å². The first-order valence-corrected chi connectivity index (χ1v) is 5.03. The Morgan fingerprint density at radius 2 is 1.94 bits per heavy atom. The summed E-state index contributed by atoms with van der Waals surface area (Å²) in [6, 6.07) is 11.3. The highest BCUT2D eigenvalue weighted by molar-refractivity contribution is 5.44. The molecule has 3 heteroatoms. The highest BCUT2D eigenvalue weighted by Crippen LogP contribution is 2.30. The van der Waals surface area contributed by atoms with E-state index >= 15 is 0 Å². The second-order valence-corrected chi connectivity index (χ2v) is 3.42. The summed E-state index contributed by atoms with van der Waals surface area (Å²) in [5.74, 6) is 1.95. The van der Waals surface area contributed by atoms with Gasteiger partial charge in [-0.15, -0.1) is 0 Å². The Kier molecular flexibility index (Phi) is 3.05. The van der Waals surface area contributed by atoms with Crippen LogP contribution in [0.15, 0.2) is 42.6 Å². The fraction of sp³-hybridized carbons (Fsp3) is 0.154. The molecule has 0 saturated carbocycles. The quantitative estimate of drug-likeness (QED) is 0.787. The van der Waals surface area contributed by atoms with E-state index < -0.39 is 0 Å². The van der Waals surface area contributed by atoms with Crippen molar-refractivity contribution in [1.82, 2.24) is 4.98 Å². The average molecular weight is 215 g/mol. The fourth-order valence-electron chi connectivity index (χ4n) is 1.38. The largest absolute Gasteiger partial charge is 0.493 e. The van der Waals surface area contributed by atoms with Crippen molar-refractivity contribution in [2.45, 2.75) is 6.92 Å². The molecule has 82 valence electrons. The summed E-state index contributed by atoms with van der Waals surface area (Å²) in [6.07, 6.45) is 1.69. The van der Waals surface area contributed by atoms with Gasteiger partial charge in [0.25, 0.3) is 0 Å². The minimum atomic E-state index is 0.560. The van der Waals surface area contributed by atoms with Crippen LogP contribution in [0.2, 0.25) is 0 Å². The number of methoxy groups -OCH3 is 1. The maximum Gasteiger partial charge on any atom is 0.219 e. The zero-order valence-electron chi connectivity index (χ0n) is 9.31. The molecule has 0 fully saturated rings. The van der Waals surface area contributed by atoms with E-state index in [-0.39, 0.29) is 0 Å². The minimum Gasteiger partial charge on any atom is -0.493 e. The van der Waals surface area contributed by atoms with Gasteiger partial charge in [0, 0.05) is 12.3 Å². The molecule has 0 unspecified atom stereocenters. The van der Waals surface area contributed by atoms with Crippen LogP contribution in [0.1, 0.15) is 5.56 Å². The first-order valence-electron chi connectivity index (χ1n) is 5.03. The van der Waals surface area contributed by atoms with Crippen LogP contribution in [0.25, 0.3) is 0 Å². The Morgan fingerprint density at radius 3 is 2.62 bits per heavy atom. The Bertz CT molecular complexity index is 469. The van der Waals surface area contributed by atoms with Gasteiger partial charge in [0.05, 0.1) is 7.11 Å². The predicted octanol–water partition coefficient (Wildman–Crippen LogP) is 3.19. The van der Waals surface area contributed by atoms with Crippen molar-refractivity contribution in [2.24, 2.45) is 0 Å². The van der Waals surface area contributed by atoms with Crippen LogP contribution in [0.3, 0.4) is 0 Å². The van der Waals surface area contributed by atoms with Gasteiger partial charge in [-0.1, -0.05) is 12.1 Å². The van der Waals surface area contributed by atoms with E-state index in [4.69, 9.17) is 9.47 Å². The number of hydrogen-bond acceptors (Lipinski definition) is 3. The van der Waals surface area contributed by atoms with Crippen LogP contribution < -0.4 is 9.47 Å². The fourth-order valence-corrected chi connectivity index (χ4v) is 1.38. The first-order chi connectivity index (χ1) is 7.79. The van der Waals surface area contributed by atoms with E-state index in [9.17, 15) is 0 Å². The molecule has 0 bridgehead atoms. The van der Waals surface area contributed by atoms with Crippen LogP contribution in [0, 0.1) is 6.92 Å². The van der Waals surface area contributed by atoms with Crippen molar-refractivity contribution in [3.8, 4) is 17.4 Å². The summed E-state index contributed by atoms with van der Waals surface area (Å²) in [5, 5.41) is 0. The lowest BCUT2D eigenvalue weighted by Gasteiger charge is -2.09. The Hall–Kier alpha value is -2.03. The van der Waals surface area contributed by atoms with Gasteiger partial charge >= 0.3 is 0 Å². The van der Waals surface area contributed by atoms with Crippen LogP contribution in [0.4, 0.5) is 0 Å². The topological polar surface area (TPSA) is 31.4 Å². The van der Waals surface area contributed by atoms with Crippen LogP contribution in [-0.4, -0.2) is 12.1 Å². The predicted molar refractivity (Wildman–Crippen MR) is 62.0 cm³/mol. The van der Waals surface area contributed by atoms with Gasteiger partial charge in [0.15, 0.2) is 11.5 Å². The molecule has 0 aliphatic carbocycles. The van der Waals surface area contributed by atoms with E-state index in [1.165, 1.54) is 0 Å². The van der Waals surface area contributed by atoms with Gasteiger partial charge in [-0.05, 0) is 30.7 Å². The molecule has 3 nitrogen and oxygen atoms in total. The lowest BCUT2D eigenvalue weighted by Crippen LogP contribution is -1.92. The molecule has 0 saturated heterocycles. The third-order valence-electron chi connectivity index (χ3n) is 2.17. The lowest BCUT2D eigenvalue weighted by molar-refractivity contribution is 0.374. The molecular formula is C13H13NO2. The number of pyridine rings is 1. The standard InChI is InChI=1S/C13H13NO2/c1-10-6-7-11(12(9-10)15-2)16-13-5-3-4-8-14-13/h3-9H,1-2H3. The maximum atomic E-state index is 5.62. The number of hydrogen-bond donors (Lipinski definition) is 0. The van der Waals surface area contributed by atoms with Gasteiger partial charge in [-0.2, -0.15) is 0 Å². The monoisotopic (exact) mass is 215 g/mol. The number of ether oxygens (including phenoxy) is 2. The smallest absolute Gasteiger partial charge is 0.219 e. The van der Waals surface area contributed by atoms with Gasteiger partial charge in [0.1, 0.15) is 0 Å². The number of aromatic nitrogens is 1. The van der Waals surface area contributed by atoms with Gasteiger partial charge < -0.3 is 9.47 Å². The SMILES string of the molecule is COc1cc(C)ccc1Oc1ccccn1. The van der Waals surface area contributed by atoms with Crippen LogP contribution >= 0.6 is 0 Å². The number of nitrogens with zero attached hydrogens (tertiary/aromatic N) is 1. The number of aryl methyl sites for hydroxylation is 1. The summed E-state index contributed by atoms with van der Waals surface area (Å²) in [7, 11) is 1.63. The van der Waals surface area contributed by atoms with E-state index in [0.717, 1.165) is 5.56 Å². The molecule has 0 radical (unpaired) electrons. The second-order valence-electron chi connectivity index (χ2n) is 3.42. The van der Waals surface area contributed by atoms with Crippen molar-refractivity contribution in [3.63, 3.8) is 0 Å². The Balaban J connectivity index is 2.28. The first kappa shape index (κ1) is 10.5. The van der Waals surface area contributed by atoms with Crippen molar-refractivity contribution in [1.29, 1.82) is 0 Å². The molecule has 1 aromatic carbocycles. The highest BCUT2D eigenvalue weighted by atomic mass is 16.5. The molecule has 2 rings (SSSR count). The van der Waals surface area contributed by atoms with Crippen molar-refractivity contribution in [2.75, 3.05) is 7.11 Å². The minimum absolute atomic E-state index is 0.560. The zero-order chi connectivity index (χ0) is 11.4. The Morgan fingerprint density at radius 1 is 1.06 bits per heavy atom. The molecule has 0 aliphatic rings. The second kappa shape index (κ2) is 4.66. The lowest BCUT2D eigenvalue weighted by atomic mass is 10.2. The van der Waals surface area contributed by atoms with Crippen molar-refractivity contribution < 1.29 is 9.47 Å². The summed E-state index contributed by atoms with van der Waals surface area (Å²) in [6.45, 7) is 2.01. The summed E-state index contributed by atoms with van der Waals surface area (Å²) in [5.41, 5.74) is 1.13. The highest BCUT2D eigenvalue weighted by Gasteiger charge is 2.05. The number of benzene rings is 1. The van der Waals surface area contributed by atoms with E-state index in [0.29, 0.717) is 17.4 Å². The number of rotatable bonds is 3. The van der Waals surface area contributed by atoms with E-state index in [2.05, 4.69) is 4.98 Å². The van der Waals surface area contributed by atoms with Crippen LogP contribution in [0.5, 0.6) is 17.4 Å². The summed E-state index contributed by atoms with van der Waals surface area (Å²) < 4.78 is 10.9. The average Bonchev–Trinajstić information content (AvgIpc) is 2.33. The van der Waals surface area contributed by atoms with E-state index in [1.807, 2.05) is 37.3 Å². The van der Waals surface area contributed by atoms with Gasteiger partial charge in [0.2, 0.25) is 5.88 Å². The summed E-state index contributed by atoms with van der Waals surface area (Å²) >= 11 is 0.